The molecule has 0 bridgehead atoms. The van der Waals surface area contributed by atoms with Crippen LogP contribution in [0.25, 0.3) is 0 Å². The number of benzene rings is 2. The molecule has 2 N–H and O–H groups in total. The Morgan fingerprint density at radius 1 is 1.19 bits per heavy atom. The lowest BCUT2D eigenvalue weighted by Gasteiger charge is -2.12. The number of hydrogen-bond donors (Lipinski definition) is 1. The van der Waals surface area contributed by atoms with Crippen molar-refractivity contribution < 1.29 is 14.3 Å². The Kier molecular flexibility index (Phi) is 4.75. The molecule has 2 aromatic carbocycles. The molecule has 0 radical (unpaired) electrons. The molecule has 2 aromatic rings. The fourth-order valence-electron chi connectivity index (χ4n) is 1.97. The predicted octanol–water partition coefficient (Wildman–Crippen LogP) is 3.93. The molecule has 0 saturated carbocycles. The summed E-state index contributed by atoms with van der Waals surface area (Å²) in [6, 6.07) is 8.25. The second-order valence-corrected chi connectivity index (χ2v) is 5.56. The molecule has 110 valence electrons. The molecule has 0 aliphatic rings. The minimum Gasteiger partial charge on any atom is -0.495 e. The SMILES string of the molecule is COc1ccc(C(=O)c2cc(N)cc(Br)c2)c(OC)c1Cl. The Morgan fingerprint density at radius 3 is 2.48 bits per heavy atom. The molecule has 0 fully saturated rings. The first kappa shape index (κ1) is 15.7. The number of rotatable bonds is 4. The molecular formula is C15H13BrClNO3. The van der Waals surface area contributed by atoms with Gasteiger partial charge in [-0.05, 0) is 30.3 Å². The van der Waals surface area contributed by atoms with Gasteiger partial charge < -0.3 is 15.2 Å². The number of nitrogen functional groups attached to an aromatic ring is 1. The van der Waals surface area contributed by atoms with Crippen LogP contribution < -0.4 is 15.2 Å². The van der Waals surface area contributed by atoms with Crippen molar-refractivity contribution in [3.05, 3.63) is 51.0 Å². The maximum Gasteiger partial charge on any atom is 0.196 e. The van der Waals surface area contributed by atoms with E-state index >= 15 is 0 Å². The lowest BCUT2D eigenvalue weighted by atomic mass is 10.0. The highest BCUT2D eigenvalue weighted by molar-refractivity contribution is 9.10. The van der Waals surface area contributed by atoms with E-state index in [0.717, 1.165) is 4.47 Å². The Balaban J connectivity index is 2.55. The highest BCUT2D eigenvalue weighted by Gasteiger charge is 2.20. The number of ether oxygens (including phenoxy) is 2. The number of nitrogens with two attached hydrogens (primary N) is 1. The molecule has 2 rings (SSSR count). The number of carbonyl (C=O) groups is 1. The van der Waals surface area contributed by atoms with E-state index in [1.807, 2.05) is 0 Å². The van der Waals surface area contributed by atoms with Crippen LogP contribution in [0.4, 0.5) is 5.69 Å². The van der Waals surface area contributed by atoms with Crippen molar-refractivity contribution >= 4 is 39.0 Å². The summed E-state index contributed by atoms with van der Waals surface area (Å²) in [6.07, 6.45) is 0. The number of carbonyl (C=O) groups excluding carboxylic acids is 1. The third-order valence-electron chi connectivity index (χ3n) is 2.91. The van der Waals surface area contributed by atoms with Crippen LogP contribution in [-0.4, -0.2) is 20.0 Å². The zero-order valence-electron chi connectivity index (χ0n) is 11.4. The molecule has 0 saturated heterocycles. The summed E-state index contributed by atoms with van der Waals surface area (Å²) in [4.78, 5) is 12.6. The van der Waals surface area contributed by atoms with Crippen LogP contribution in [0.5, 0.6) is 11.5 Å². The van der Waals surface area contributed by atoms with Crippen molar-refractivity contribution in [2.75, 3.05) is 20.0 Å². The van der Waals surface area contributed by atoms with Crippen LogP contribution in [0, 0.1) is 0 Å². The average molecular weight is 371 g/mol. The largest absolute Gasteiger partial charge is 0.495 e. The molecule has 0 aromatic heterocycles. The van der Waals surface area contributed by atoms with Crippen molar-refractivity contribution in [1.82, 2.24) is 0 Å². The van der Waals surface area contributed by atoms with Gasteiger partial charge in [0.1, 0.15) is 10.8 Å². The molecule has 4 nitrogen and oxygen atoms in total. The summed E-state index contributed by atoms with van der Waals surface area (Å²) in [5.74, 6) is 0.489. The topological polar surface area (TPSA) is 61.5 Å². The molecule has 21 heavy (non-hydrogen) atoms. The molecule has 0 unspecified atom stereocenters. The highest BCUT2D eigenvalue weighted by atomic mass is 79.9. The fraction of sp³-hybridized carbons (Fsp3) is 0.133. The third-order valence-corrected chi connectivity index (χ3v) is 3.73. The van der Waals surface area contributed by atoms with Gasteiger partial charge in [-0.25, -0.2) is 0 Å². The van der Waals surface area contributed by atoms with Crippen LogP contribution in [0.2, 0.25) is 5.02 Å². The summed E-state index contributed by atoms with van der Waals surface area (Å²) < 4.78 is 11.1. The predicted molar refractivity (Wildman–Crippen MR) is 86.5 cm³/mol. The first-order valence-electron chi connectivity index (χ1n) is 5.99. The van der Waals surface area contributed by atoms with E-state index in [1.165, 1.54) is 14.2 Å². The van der Waals surface area contributed by atoms with Crippen molar-refractivity contribution in [3.8, 4) is 11.5 Å². The van der Waals surface area contributed by atoms with Gasteiger partial charge in [-0.15, -0.1) is 0 Å². The monoisotopic (exact) mass is 369 g/mol. The second kappa shape index (κ2) is 6.37. The van der Waals surface area contributed by atoms with Crippen molar-refractivity contribution in [2.24, 2.45) is 0 Å². The number of hydrogen-bond acceptors (Lipinski definition) is 4. The number of anilines is 1. The second-order valence-electron chi connectivity index (χ2n) is 4.26. The molecule has 0 aliphatic heterocycles. The highest BCUT2D eigenvalue weighted by Crippen LogP contribution is 2.38. The zero-order chi connectivity index (χ0) is 15.6. The maximum atomic E-state index is 12.6. The van der Waals surface area contributed by atoms with Crippen LogP contribution in [0.15, 0.2) is 34.8 Å². The quantitative estimate of drug-likeness (QED) is 0.654. The van der Waals surface area contributed by atoms with E-state index in [4.69, 9.17) is 26.8 Å². The summed E-state index contributed by atoms with van der Waals surface area (Å²) in [7, 11) is 2.95. The lowest BCUT2D eigenvalue weighted by molar-refractivity contribution is 0.103. The molecule has 0 atom stereocenters. The van der Waals surface area contributed by atoms with E-state index in [1.54, 1.807) is 30.3 Å². The minimum absolute atomic E-state index is 0.232. The molecular weight excluding hydrogens is 358 g/mol. The minimum atomic E-state index is -0.232. The number of ketones is 1. The van der Waals surface area contributed by atoms with Gasteiger partial charge in [0.2, 0.25) is 0 Å². The molecule has 0 amide bonds. The van der Waals surface area contributed by atoms with Crippen LogP contribution >= 0.6 is 27.5 Å². The molecule has 6 heteroatoms. The maximum absolute atomic E-state index is 12.6. The number of halogens is 2. The van der Waals surface area contributed by atoms with Crippen LogP contribution in [-0.2, 0) is 0 Å². The molecule has 0 aliphatic carbocycles. The van der Waals surface area contributed by atoms with Crippen LogP contribution in [0.1, 0.15) is 15.9 Å². The fourth-order valence-corrected chi connectivity index (χ4v) is 2.80. The van der Waals surface area contributed by atoms with E-state index in [2.05, 4.69) is 15.9 Å². The summed E-state index contributed by atoms with van der Waals surface area (Å²) in [6.45, 7) is 0. The smallest absolute Gasteiger partial charge is 0.196 e. The lowest BCUT2D eigenvalue weighted by Crippen LogP contribution is -2.06. The normalized spacial score (nSPS) is 10.3. The van der Waals surface area contributed by atoms with Gasteiger partial charge in [-0.2, -0.15) is 0 Å². The van der Waals surface area contributed by atoms with Gasteiger partial charge in [-0.3, -0.25) is 4.79 Å². The van der Waals surface area contributed by atoms with Gasteiger partial charge in [0.25, 0.3) is 0 Å². The standard InChI is InChI=1S/C15H13BrClNO3/c1-20-12-4-3-11(15(21-2)13(12)17)14(19)8-5-9(16)7-10(18)6-8/h3-7H,18H2,1-2H3. The van der Waals surface area contributed by atoms with Gasteiger partial charge in [-0.1, -0.05) is 27.5 Å². The van der Waals surface area contributed by atoms with E-state index in [9.17, 15) is 4.79 Å². The third kappa shape index (κ3) is 3.14. The first-order chi connectivity index (χ1) is 9.97. The van der Waals surface area contributed by atoms with E-state index < -0.39 is 0 Å². The van der Waals surface area contributed by atoms with Crippen molar-refractivity contribution in [3.63, 3.8) is 0 Å². The first-order valence-corrected chi connectivity index (χ1v) is 7.16. The Bertz CT molecular complexity index is 683. The summed E-state index contributed by atoms with van der Waals surface area (Å²) >= 11 is 9.49. The Hall–Kier alpha value is -1.72. The van der Waals surface area contributed by atoms with Crippen LogP contribution in [0.3, 0.4) is 0 Å². The van der Waals surface area contributed by atoms with Crippen molar-refractivity contribution in [2.45, 2.75) is 0 Å². The van der Waals surface area contributed by atoms with Gasteiger partial charge in [0.15, 0.2) is 11.5 Å². The van der Waals surface area contributed by atoms with Gasteiger partial charge in [0.05, 0.1) is 19.8 Å². The molecule has 0 spiro atoms. The summed E-state index contributed by atoms with van der Waals surface area (Å²) in [5.41, 5.74) is 7.05. The summed E-state index contributed by atoms with van der Waals surface area (Å²) in [5, 5.41) is 0.258. The van der Waals surface area contributed by atoms with Crippen molar-refractivity contribution in [1.29, 1.82) is 0 Å². The Labute approximate surface area is 135 Å². The van der Waals surface area contributed by atoms with E-state index in [-0.39, 0.29) is 16.6 Å². The average Bonchev–Trinajstić information content (AvgIpc) is 2.45. The zero-order valence-corrected chi connectivity index (χ0v) is 13.8. The number of methoxy groups -OCH3 is 2. The van der Waals surface area contributed by atoms with Gasteiger partial charge >= 0.3 is 0 Å². The Morgan fingerprint density at radius 2 is 1.90 bits per heavy atom. The van der Waals surface area contributed by atoms with E-state index in [0.29, 0.717) is 22.6 Å². The molecule has 0 heterocycles. The van der Waals surface area contributed by atoms with Gasteiger partial charge in [0, 0.05) is 15.7 Å².